The van der Waals surface area contributed by atoms with Crippen LogP contribution in [0.25, 0.3) is 0 Å². The van der Waals surface area contributed by atoms with E-state index in [0.717, 1.165) is 19.5 Å². The molecule has 0 bridgehead atoms. The third-order valence-electron chi connectivity index (χ3n) is 5.50. The Morgan fingerprint density at radius 1 is 0.920 bits per heavy atom. The van der Waals surface area contributed by atoms with E-state index in [1.54, 1.807) is 0 Å². The Balaban J connectivity index is 1.46. The number of rotatable bonds is 6. The Kier molecular flexibility index (Phi) is 4.60. The quantitative estimate of drug-likeness (QED) is 0.581. The van der Waals surface area contributed by atoms with E-state index in [1.165, 1.54) is 24.0 Å². The van der Waals surface area contributed by atoms with Gasteiger partial charge in [-0.15, -0.1) is 0 Å². The standard InChI is InChI=1S/C22H26N2O/c25-24(15-13-19-7-3-1-4-8-19)16-14-23(18-22(24)21-11-12-21)17-20-9-5-2-6-10-20/h1-10,14,16,21-22H,11-13,15,17-18H2. The molecule has 2 unspecified atom stereocenters. The van der Waals surface area contributed by atoms with Crippen LogP contribution in [0, 0.1) is 11.1 Å². The van der Waals surface area contributed by atoms with E-state index in [-0.39, 0.29) is 10.7 Å². The van der Waals surface area contributed by atoms with Crippen LogP contribution in [0.5, 0.6) is 0 Å². The molecule has 25 heavy (non-hydrogen) atoms. The van der Waals surface area contributed by atoms with Crippen molar-refractivity contribution < 1.29 is 4.65 Å². The van der Waals surface area contributed by atoms with Crippen molar-refractivity contribution >= 4 is 0 Å². The topological polar surface area (TPSA) is 26.3 Å². The predicted octanol–water partition coefficient (Wildman–Crippen LogP) is 4.31. The van der Waals surface area contributed by atoms with Gasteiger partial charge in [0.05, 0.1) is 19.3 Å². The van der Waals surface area contributed by atoms with Crippen molar-refractivity contribution in [3.05, 3.63) is 89.4 Å². The zero-order valence-electron chi connectivity index (χ0n) is 14.6. The third-order valence-corrected chi connectivity index (χ3v) is 5.50. The van der Waals surface area contributed by atoms with Gasteiger partial charge in [-0.25, -0.2) is 0 Å². The van der Waals surface area contributed by atoms with Crippen LogP contribution in [0.2, 0.25) is 0 Å². The van der Waals surface area contributed by atoms with Crippen LogP contribution in [-0.4, -0.2) is 28.7 Å². The summed E-state index contributed by atoms with van der Waals surface area (Å²) in [5.74, 6) is 0.594. The minimum Gasteiger partial charge on any atom is -0.627 e. The van der Waals surface area contributed by atoms with Gasteiger partial charge in [0.1, 0.15) is 12.2 Å². The molecule has 4 rings (SSSR count). The van der Waals surface area contributed by atoms with E-state index in [1.807, 2.05) is 24.5 Å². The highest BCUT2D eigenvalue weighted by Crippen LogP contribution is 2.40. The molecule has 0 aromatic heterocycles. The normalized spacial score (nSPS) is 26.0. The molecule has 0 N–H and O–H groups in total. The number of hydroxylamine groups is 3. The highest BCUT2D eigenvalue weighted by atomic mass is 16.5. The predicted molar refractivity (Wildman–Crippen MR) is 101 cm³/mol. The SMILES string of the molecule is [O-][N+]1(CCc2ccccc2)C=CN(Cc2ccccc2)CC1C1CC1. The Labute approximate surface area is 150 Å². The summed E-state index contributed by atoms with van der Waals surface area (Å²) >= 11 is 0. The second-order valence-corrected chi connectivity index (χ2v) is 7.43. The molecule has 0 saturated heterocycles. The molecule has 2 atom stereocenters. The molecule has 0 radical (unpaired) electrons. The van der Waals surface area contributed by atoms with Crippen molar-refractivity contribution in [3.63, 3.8) is 0 Å². The smallest absolute Gasteiger partial charge is 0.114 e. The summed E-state index contributed by atoms with van der Waals surface area (Å²) in [4.78, 5) is 2.31. The molecule has 2 aromatic carbocycles. The third kappa shape index (κ3) is 3.94. The molecule has 2 aromatic rings. The molecule has 1 saturated carbocycles. The lowest BCUT2D eigenvalue weighted by Crippen LogP contribution is -2.56. The Morgan fingerprint density at radius 3 is 2.20 bits per heavy atom. The molecule has 0 amide bonds. The van der Waals surface area contributed by atoms with Crippen LogP contribution < -0.4 is 0 Å². The van der Waals surface area contributed by atoms with Crippen LogP contribution in [0.4, 0.5) is 0 Å². The van der Waals surface area contributed by atoms with Gasteiger partial charge in [-0.3, -0.25) is 0 Å². The molecule has 2 aliphatic rings. The first-order valence-corrected chi connectivity index (χ1v) is 9.33. The minimum absolute atomic E-state index is 0.162. The van der Waals surface area contributed by atoms with E-state index in [2.05, 4.69) is 53.4 Å². The second kappa shape index (κ2) is 7.03. The van der Waals surface area contributed by atoms with Gasteiger partial charge in [-0.1, -0.05) is 60.7 Å². The van der Waals surface area contributed by atoms with E-state index >= 15 is 0 Å². The maximum atomic E-state index is 13.5. The number of hydrogen-bond donors (Lipinski definition) is 0. The molecule has 130 valence electrons. The highest BCUT2D eigenvalue weighted by Gasteiger charge is 2.43. The molecule has 1 fully saturated rings. The maximum absolute atomic E-state index is 13.5. The molecule has 1 aliphatic carbocycles. The summed E-state index contributed by atoms with van der Waals surface area (Å²) in [6, 6.07) is 21.1. The maximum Gasteiger partial charge on any atom is 0.114 e. The van der Waals surface area contributed by atoms with Crippen LogP contribution in [0.15, 0.2) is 73.1 Å². The zero-order valence-corrected chi connectivity index (χ0v) is 14.6. The number of quaternary nitrogens is 1. The molecule has 1 heterocycles. The molecule has 3 nitrogen and oxygen atoms in total. The van der Waals surface area contributed by atoms with Crippen molar-refractivity contribution in [2.45, 2.75) is 31.8 Å². The lowest BCUT2D eigenvalue weighted by Gasteiger charge is -2.50. The van der Waals surface area contributed by atoms with Crippen molar-refractivity contribution in [1.82, 2.24) is 4.90 Å². The summed E-state index contributed by atoms with van der Waals surface area (Å²) in [6.07, 6.45) is 7.20. The zero-order chi connectivity index (χ0) is 17.1. The van der Waals surface area contributed by atoms with Gasteiger partial charge in [-0.2, -0.15) is 0 Å². The second-order valence-electron chi connectivity index (χ2n) is 7.43. The van der Waals surface area contributed by atoms with Crippen molar-refractivity contribution in [2.24, 2.45) is 5.92 Å². The lowest BCUT2D eigenvalue weighted by molar-refractivity contribution is -0.861. The van der Waals surface area contributed by atoms with Gasteiger partial charge >= 0.3 is 0 Å². The van der Waals surface area contributed by atoms with Gasteiger partial charge in [0.2, 0.25) is 0 Å². The first kappa shape index (κ1) is 16.4. The average molecular weight is 334 g/mol. The van der Waals surface area contributed by atoms with Crippen LogP contribution in [-0.2, 0) is 13.0 Å². The molecule has 3 heteroatoms. The number of hydrogen-bond acceptors (Lipinski definition) is 2. The van der Waals surface area contributed by atoms with Crippen molar-refractivity contribution in [1.29, 1.82) is 0 Å². The first-order valence-electron chi connectivity index (χ1n) is 9.33. The van der Waals surface area contributed by atoms with Gasteiger partial charge < -0.3 is 14.8 Å². The van der Waals surface area contributed by atoms with Crippen molar-refractivity contribution in [2.75, 3.05) is 13.1 Å². The van der Waals surface area contributed by atoms with E-state index in [9.17, 15) is 5.21 Å². The summed E-state index contributed by atoms with van der Waals surface area (Å²) in [5, 5.41) is 13.5. The molecular formula is C22H26N2O. The van der Waals surface area contributed by atoms with Gasteiger partial charge in [0, 0.05) is 18.9 Å². The van der Waals surface area contributed by atoms with Gasteiger partial charge in [0.15, 0.2) is 0 Å². The lowest BCUT2D eigenvalue weighted by atomic mass is 10.1. The van der Waals surface area contributed by atoms with Crippen LogP contribution in [0.3, 0.4) is 0 Å². The summed E-state index contributed by atoms with van der Waals surface area (Å²) in [6.45, 7) is 2.40. The fourth-order valence-corrected chi connectivity index (χ4v) is 3.87. The summed E-state index contributed by atoms with van der Waals surface area (Å²) in [7, 11) is 0. The largest absolute Gasteiger partial charge is 0.627 e. The minimum atomic E-state index is -0.162. The van der Waals surface area contributed by atoms with Crippen LogP contribution >= 0.6 is 0 Å². The Hall–Kier alpha value is -2.10. The Morgan fingerprint density at radius 2 is 1.56 bits per heavy atom. The fraction of sp³-hybridized carbons (Fsp3) is 0.364. The van der Waals surface area contributed by atoms with Gasteiger partial charge in [0.25, 0.3) is 0 Å². The monoisotopic (exact) mass is 334 g/mol. The fourth-order valence-electron chi connectivity index (χ4n) is 3.87. The van der Waals surface area contributed by atoms with Crippen molar-refractivity contribution in [3.8, 4) is 0 Å². The summed E-state index contributed by atoms with van der Waals surface area (Å²) in [5.41, 5.74) is 2.56. The van der Waals surface area contributed by atoms with E-state index in [0.29, 0.717) is 12.5 Å². The Bertz CT molecular complexity index is 711. The van der Waals surface area contributed by atoms with E-state index in [4.69, 9.17) is 0 Å². The highest BCUT2D eigenvalue weighted by molar-refractivity contribution is 5.16. The summed E-state index contributed by atoms with van der Waals surface area (Å²) < 4.78 is -0.162. The number of benzene rings is 2. The average Bonchev–Trinajstić information content (AvgIpc) is 3.49. The molecule has 0 spiro atoms. The first-order chi connectivity index (χ1) is 12.2. The van der Waals surface area contributed by atoms with Crippen LogP contribution in [0.1, 0.15) is 24.0 Å². The molecular weight excluding hydrogens is 308 g/mol. The van der Waals surface area contributed by atoms with E-state index < -0.39 is 0 Å². The molecule has 1 aliphatic heterocycles. The van der Waals surface area contributed by atoms with Gasteiger partial charge in [-0.05, 0) is 24.0 Å². The number of nitrogens with zero attached hydrogens (tertiary/aromatic N) is 2.